The molecule has 28 heavy (non-hydrogen) atoms. The number of hydrogen-bond acceptors (Lipinski definition) is 5. The van der Waals surface area contributed by atoms with Gasteiger partial charge in [0.15, 0.2) is 0 Å². The molecule has 0 radical (unpaired) electrons. The van der Waals surface area contributed by atoms with Gasteiger partial charge in [0.25, 0.3) is 5.91 Å². The molecular weight excluding hydrogens is 380 g/mol. The highest BCUT2D eigenvalue weighted by Gasteiger charge is 2.26. The molecule has 0 atom stereocenters. The number of nitrogens with zero attached hydrogens (tertiary/aromatic N) is 1. The summed E-state index contributed by atoms with van der Waals surface area (Å²) in [4.78, 5) is 12.6. The largest absolute Gasteiger partial charge is 0.494 e. The lowest BCUT2D eigenvalue weighted by atomic mass is 10.2. The Bertz CT molecular complexity index is 924. The minimum absolute atomic E-state index is 0.111. The molecule has 2 aromatic rings. The number of ether oxygens (including phenoxy) is 2. The molecule has 0 unspecified atom stereocenters. The third-order valence-electron chi connectivity index (χ3n) is 4.37. The molecule has 150 valence electrons. The molecule has 0 aromatic heterocycles. The zero-order valence-electron chi connectivity index (χ0n) is 15.8. The molecule has 1 saturated heterocycles. The van der Waals surface area contributed by atoms with E-state index in [1.165, 1.54) is 16.4 Å². The predicted molar refractivity (Wildman–Crippen MR) is 105 cm³/mol. The lowest BCUT2D eigenvalue weighted by Gasteiger charge is -2.26. The number of nitrogens with one attached hydrogen (secondary N) is 1. The highest BCUT2D eigenvalue weighted by atomic mass is 32.2. The maximum Gasteiger partial charge on any atom is 0.251 e. The maximum atomic E-state index is 12.8. The van der Waals surface area contributed by atoms with Crippen molar-refractivity contribution in [1.29, 1.82) is 0 Å². The molecular formula is C20H24N2O5S. The standard InChI is InChI=1S/C20H24N2O5S/c1-2-27-18-7-3-5-16(13-18)15-21-20(23)17-6-4-8-19(14-17)28(24,25)22-9-11-26-12-10-22/h3-8,13-14H,2,9-12,15H2,1H3,(H,21,23). The molecule has 1 N–H and O–H groups in total. The molecule has 1 fully saturated rings. The summed E-state index contributed by atoms with van der Waals surface area (Å²) in [6, 6.07) is 13.6. The summed E-state index contributed by atoms with van der Waals surface area (Å²) in [7, 11) is -3.64. The van der Waals surface area contributed by atoms with Gasteiger partial charge in [0.05, 0.1) is 24.7 Å². The molecule has 1 amide bonds. The summed E-state index contributed by atoms with van der Waals surface area (Å²) in [5, 5.41) is 2.82. The number of carbonyl (C=O) groups is 1. The van der Waals surface area contributed by atoms with Crippen molar-refractivity contribution in [2.75, 3.05) is 32.9 Å². The SMILES string of the molecule is CCOc1cccc(CNC(=O)c2cccc(S(=O)(=O)N3CCOCC3)c2)c1. The van der Waals surface area contributed by atoms with Gasteiger partial charge >= 0.3 is 0 Å². The molecule has 7 nitrogen and oxygen atoms in total. The predicted octanol–water partition coefficient (Wildman–Crippen LogP) is 2.04. The fourth-order valence-corrected chi connectivity index (χ4v) is 4.38. The highest BCUT2D eigenvalue weighted by Crippen LogP contribution is 2.19. The molecule has 0 spiro atoms. The Morgan fingerprint density at radius 3 is 2.64 bits per heavy atom. The summed E-state index contributed by atoms with van der Waals surface area (Å²) in [6.45, 7) is 4.18. The fraction of sp³-hybridized carbons (Fsp3) is 0.350. The van der Waals surface area contributed by atoms with E-state index >= 15 is 0 Å². The van der Waals surface area contributed by atoms with Crippen molar-refractivity contribution in [2.24, 2.45) is 0 Å². The summed E-state index contributed by atoms with van der Waals surface area (Å²) in [5.74, 6) is 0.411. The van der Waals surface area contributed by atoms with Gasteiger partial charge in [0, 0.05) is 25.2 Å². The Balaban J connectivity index is 1.69. The molecule has 0 aliphatic carbocycles. The average molecular weight is 404 g/mol. The van der Waals surface area contributed by atoms with E-state index in [-0.39, 0.29) is 10.8 Å². The van der Waals surface area contributed by atoms with E-state index < -0.39 is 10.0 Å². The van der Waals surface area contributed by atoms with Crippen molar-refractivity contribution in [3.63, 3.8) is 0 Å². The first-order valence-electron chi connectivity index (χ1n) is 9.18. The van der Waals surface area contributed by atoms with Crippen LogP contribution in [0.3, 0.4) is 0 Å². The van der Waals surface area contributed by atoms with Crippen LogP contribution < -0.4 is 10.1 Å². The lowest BCUT2D eigenvalue weighted by molar-refractivity contribution is 0.0730. The molecule has 1 heterocycles. The number of carbonyl (C=O) groups excluding carboxylic acids is 1. The van der Waals surface area contributed by atoms with Crippen LogP contribution in [0.25, 0.3) is 0 Å². The monoisotopic (exact) mass is 404 g/mol. The Hall–Kier alpha value is -2.42. The van der Waals surface area contributed by atoms with Crippen molar-refractivity contribution in [3.8, 4) is 5.75 Å². The van der Waals surface area contributed by atoms with E-state index in [2.05, 4.69) is 5.32 Å². The summed E-state index contributed by atoms with van der Waals surface area (Å²) in [5.41, 5.74) is 1.20. The van der Waals surface area contributed by atoms with Crippen molar-refractivity contribution in [2.45, 2.75) is 18.4 Å². The minimum Gasteiger partial charge on any atom is -0.494 e. The van der Waals surface area contributed by atoms with Gasteiger partial charge in [-0.15, -0.1) is 0 Å². The van der Waals surface area contributed by atoms with Gasteiger partial charge in [0.2, 0.25) is 10.0 Å². The van der Waals surface area contributed by atoms with E-state index in [9.17, 15) is 13.2 Å². The first-order chi connectivity index (χ1) is 13.5. The third-order valence-corrected chi connectivity index (χ3v) is 6.26. The third kappa shape index (κ3) is 4.89. The summed E-state index contributed by atoms with van der Waals surface area (Å²) >= 11 is 0. The number of morpholine rings is 1. The summed E-state index contributed by atoms with van der Waals surface area (Å²) < 4.78 is 37.6. The van der Waals surface area contributed by atoms with Crippen LogP contribution in [-0.2, 0) is 21.3 Å². The molecule has 0 bridgehead atoms. The number of benzene rings is 2. The van der Waals surface area contributed by atoms with E-state index in [0.29, 0.717) is 45.0 Å². The van der Waals surface area contributed by atoms with Crippen molar-refractivity contribution >= 4 is 15.9 Å². The Labute approximate surface area is 165 Å². The maximum absolute atomic E-state index is 12.8. The Morgan fingerprint density at radius 2 is 1.89 bits per heavy atom. The number of amides is 1. The Kier molecular flexibility index (Phi) is 6.66. The van der Waals surface area contributed by atoms with E-state index in [1.807, 2.05) is 31.2 Å². The fourth-order valence-electron chi connectivity index (χ4n) is 2.93. The second kappa shape index (κ2) is 9.18. The number of hydrogen-bond donors (Lipinski definition) is 1. The van der Waals surface area contributed by atoms with Crippen molar-refractivity contribution < 1.29 is 22.7 Å². The van der Waals surface area contributed by atoms with Gasteiger partial charge < -0.3 is 14.8 Å². The minimum atomic E-state index is -3.64. The van der Waals surface area contributed by atoms with Crippen LogP contribution in [0.4, 0.5) is 0 Å². The molecule has 3 rings (SSSR count). The molecule has 1 aliphatic heterocycles. The summed E-state index contributed by atoms with van der Waals surface area (Å²) in [6.07, 6.45) is 0. The number of sulfonamides is 1. The Morgan fingerprint density at radius 1 is 1.14 bits per heavy atom. The normalized spacial score (nSPS) is 15.2. The van der Waals surface area contributed by atoms with Gasteiger partial charge in [-0.3, -0.25) is 4.79 Å². The molecule has 1 aliphatic rings. The van der Waals surface area contributed by atoms with E-state index in [4.69, 9.17) is 9.47 Å². The van der Waals surface area contributed by atoms with Gasteiger partial charge in [0.1, 0.15) is 5.75 Å². The zero-order chi connectivity index (χ0) is 20.0. The quantitative estimate of drug-likeness (QED) is 0.763. The topological polar surface area (TPSA) is 84.9 Å². The average Bonchev–Trinajstić information content (AvgIpc) is 2.73. The lowest BCUT2D eigenvalue weighted by Crippen LogP contribution is -2.40. The van der Waals surface area contributed by atoms with Gasteiger partial charge in [-0.1, -0.05) is 18.2 Å². The second-order valence-electron chi connectivity index (χ2n) is 6.31. The van der Waals surface area contributed by atoms with Crippen LogP contribution in [0, 0.1) is 0 Å². The van der Waals surface area contributed by atoms with Crippen LogP contribution in [0.1, 0.15) is 22.8 Å². The zero-order valence-corrected chi connectivity index (χ0v) is 16.6. The molecule has 2 aromatic carbocycles. The van der Waals surface area contributed by atoms with Gasteiger partial charge in [-0.2, -0.15) is 4.31 Å². The smallest absolute Gasteiger partial charge is 0.251 e. The number of rotatable bonds is 7. The van der Waals surface area contributed by atoms with Crippen LogP contribution in [0.15, 0.2) is 53.4 Å². The van der Waals surface area contributed by atoms with Gasteiger partial charge in [-0.05, 0) is 42.8 Å². The van der Waals surface area contributed by atoms with Crippen LogP contribution in [-0.4, -0.2) is 51.5 Å². The van der Waals surface area contributed by atoms with E-state index in [0.717, 1.165) is 11.3 Å². The van der Waals surface area contributed by atoms with Crippen LogP contribution in [0.5, 0.6) is 5.75 Å². The highest BCUT2D eigenvalue weighted by molar-refractivity contribution is 7.89. The first kappa shape index (κ1) is 20.3. The van der Waals surface area contributed by atoms with Crippen molar-refractivity contribution in [1.82, 2.24) is 9.62 Å². The second-order valence-corrected chi connectivity index (χ2v) is 8.25. The van der Waals surface area contributed by atoms with Gasteiger partial charge in [-0.25, -0.2) is 8.42 Å². The van der Waals surface area contributed by atoms with Crippen molar-refractivity contribution in [3.05, 3.63) is 59.7 Å². The van der Waals surface area contributed by atoms with Crippen LogP contribution in [0.2, 0.25) is 0 Å². The van der Waals surface area contributed by atoms with Crippen LogP contribution >= 0.6 is 0 Å². The molecule has 8 heteroatoms. The molecule has 0 saturated carbocycles. The first-order valence-corrected chi connectivity index (χ1v) is 10.6. The van der Waals surface area contributed by atoms with E-state index in [1.54, 1.807) is 12.1 Å².